The Balaban J connectivity index is 0.949. The third-order valence-corrected chi connectivity index (χ3v) is 12.4. The summed E-state index contributed by atoms with van der Waals surface area (Å²) in [6.45, 7) is 0. The first kappa shape index (κ1) is 32.2. The smallest absolute Gasteiger partial charge is 0.136 e. The first-order chi connectivity index (χ1) is 29.2. The van der Waals surface area contributed by atoms with E-state index in [1.54, 1.807) is 0 Å². The van der Waals surface area contributed by atoms with Gasteiger partial charge in [0.2, 0.25) is 0 Å². The summed E-state index contributed by atoms with van der Waals surface area (Å²) >= 11 is 0. The van der Waals surface area contributed by atoms with Crippen LogP contribution in [0.25, 0.3) is 104 Å². The van der Waals surface area contributed by atoms with E-state index in [-0.39, 0.29) is 0 Å². The number of fused-ring (bicyclic) bond motifs is 12. The Morgan fingerprint density at radius 3 is 1.63 bits per heavy atom. The molecule has 1 aliphatic rings. The van der Waals surface area contributed by atoms with Crippen LogP contribution >= 0.6 is 0 Å². The molecule has 1 aliphatic carbocycles. The third kappa shape index (κ3) is 4.76. The standard InChI is InChI=1S/C56H34N2O/c1-3-13-35(14-4-1)55-52(27-28-54-56(55)45-19-9-12-22-53(45)59-54)57(40-15-5-2-6-16-40)41-25-23-36-31-46-48(33-38(36)29-41)47-32-37-24-26-42(30-39(37)34-49(46)47)58-50-20-10-7-17-43(50)44-18-8-11-21-51(44)58/h1-34H. The number of nitrogens with zero attached hydrogens (tertiary/aromatic N) is 2. The lowest BCUT2D eigenvalue weighted by Crippen LogP contribution is -2.11. The molecule has 13 rings (SSSR count). The molecule has 0 aliphatic heterocycles. The van der Waals surface area contributed by atoms with Crippen LogP contribution in [0.5, 0.6) is 0 Å². The molecule has 10 aromatic carbocycles. The van der Waals surface area contributed by atoms with Gasteiger partial charge in [-0.05, 0) is 140 Å². The second kappa shape index (κ2) is 12.3. The molecule has 0 unspecified atom stereocenters. The third-order valence-electron chi connectivity index (χ3n) is 12.4. The summed E-state index contributed by atoms with van der Waals surface area (Å²) in [5, 5.41) is 9.73. The van der Waals surface area contributed by atoms with Crippen LogP contribution in [-0.4, -0.2) is 4.57 Å². The molecule has 3 nitrogen and oxygen atoms in total. The van der Waals surface area contributed by atoms with Crippen molar-refractivity contribution < 1.29 is 4.42 Å². The lowest BCUT2D eigenvalue weighted by atomic mass is 9.78. The van der Waals surface area contributed by atoms with Crippen molar-refractivity contribution in [2.75, 3.05) is 4.90 Å². The van der Waals surface area contributed by atoms with Crippen molar-refractivity contribution in [3.05, 3.63) is 206 Å². The number of anilines is 3. The van der Waals surface area contributed by atoms with Gasteiger partial charge in [0, 0.05) is 44.2 Å². The Labute approximate surface area is 340 Å². The van der Waals surface area contributed by atoms with Crippen molar-refractivity contribution in [3.8, 4) is 39.1 Å². The maximum atomic E-state index is 6.44. The van der Waals surface area contributed by atoms with Crippen molar-refractivity contribution in [2.45, 2.75) is 0 Å². The van der Waals surface area contributed by atoms with Gasteiger partial charge in [0.05, 0.1) is 16.7 Å². The minimum Gasteiger partial charge on any atom is -0.456 e. The van der Waals surface area contributed by atoms with Crippen LogP contribution in [0.3, 0.4) is 0 Å². The summed E-state index contributed by atoms with van der Waals surface area (Å²) < 4.78 is 8.84. The quantitative estimate of drug-likeness (QED) is 0.175. The summed E-state index contributed by atoms with van der Waals surface area (Å²) in [4.78, 5) is 2.40. The van der Waals surface area contributed by atoms with Crippen LogP contribution in [0.1, 0.15) is 0 Å². The average molecular weight is 751 g/mol. The molecule has 0 amide bonds. The Bertz CT molecular complexity index is 3620. The van der Waals surface area contributed by atoms with Crippen LogP contribution in [0, 0.1) is 0 Å². The van der Waals surface area contributed by atoms with Gasteiger partial charge in [0.1, 0.15) is 11.2 Å². The van der Waals surface area contributed by atoms with E-state index in [1.807, 2.05) is 6.07 Å². The van der Waals surface area contributed by atoms with Crippen LogP contribution in [-0.2, 0) is 0 Å². The molecule has 0 bridgehead atoms. The Hall–Kier alpha value is -7.88. The molecular weight excluding hydrogens is 717 g/mol. The molecule has 0 radical (unpaired) electrons. The van der Waals surface area contributed by atoms with Gasteiger partial charge < -0.3 is 13.9 Å². The molecule has 274 valence electrons. The minimum atomic E-state index is 0.883. The van der Waals surface area contributed by atoms with Crippen LogP contribution in [0.15, 0.2) is 211 Å². The van der Waals surface area contributed by atoms with Crippen LogP contribution < -0.4 is 4.90 Å². The van der Waals surface area contributed by atoms with E-state index in [9.17, 15) is 0 Å². The highest BCUT2D eigenvalue weighted by Gasteiger charge is 2.26. The topological polar surface area (TPSA) is 21.3 Å². The summed E-state index contributed by atoms with van der Waals surface area (Å²) in [6, 6.07) is 74.9. The molecule has 0 saturated heterocycles. The predicted molar refractivity (Wildman–Crippen MR) is 248 cm³/mol. The number of para-hydroxylation sites is 4. The first-order valence-electron chi connectivity index (χ1n) is 20.2. The fourth-order valence-corrected chi connectivity index (χ4v) is 9.77. The molecule has 12 aromatic rings. The van der Waals surface area contributed by atoms with Crippen LogP contribution in [0.4, 0.5) is 17.1 Å². The van der Waals surface area contributed by atoms with Crippen molar-refractivity contribution in [1.29, 1.82) is 0 Å². The number of furan rings is 1. The molecular formula is C56H34N2O. The number of hydrogen-bond donors (Lipinski definition) is 0. The summed E-state index contributed by atoms with van der Waals surface area (Å²) in [6.07, 6.45) is 0. The van der Waals surface area contributed by atoms with Gasteiger partial charge in [-0.1, -0.05) is 115 Å². The first-order valence-corrected chi connectivity index (χ1v) is 20.2. The van der Waals surface area contributed by atoms with E-state index in [4.69, 9.17) is 4.42 Å². The molecule has 0 spiro atoms. The molecule has 2 heterocycles. The monoisotopic (exact) mass is 750 g/mol. The normalized spacial score (nSPS) is 12.1. The number of hydrogen-bond acceptors (Lipinski definition) is 2. The average Bonchev–Trinajstić information content (AvgIpc) is 3.84. The highest BCUT2D eigenvalue weighted by atomic mass is 16.3. The van der Waals surface area contributed by atoms with Gasteiger partial charge in [-0.25, -0.2) is 0 Å². The Morgan fingerprint density at radius 1 is 0.373 bits per heavy atom. The fourth-order valence-electron chi connectivity index (χ4n) is 9.77. The Morgan fingerprint density at radius 2 is 0.932 bits per heavy atom. The highest BCUT2D eigenvalue weighted by Crippen LogP contribution is 2.52. The maximum absolute atomic E-state index is 6.44. The fraction of sp³-hybridized carbons (Fsp3) is 0. The van der Waals surface area contributed by atoms with Crippen LogP contribution in [0.2, 0.25) is 0 Å². The zero-order valence-corrected chi connectivity index (χ0v) is 31.9. The minimum absolute atomic E-state index is 0.883. The van der Waals surface area contributed by atoms with Gasteiger partial charge >= 0.3 is 0 Å². The molecule has 0 saturated carbocycles. The molecule has 0 atom stereocenters. The molecule has 0 fully saturated rings. The van der Waals surface area contributed by atoms with Crippen molar-refractivity contribution >= 4 is 82.4 Å². The summed E-state index contributed by atoms with van der Waals surface area (Å²) in [7, 11) is 0. The second-order valence-corrected chi connectivity index (χ2v) is 15.7. The SMILES string of the molecule is c1ccc(-c2c(N(c3ccccc3)c3ccc4cc5c(cc4c3)-c3cc4ccc(-n6c7ccccc7c7ccccc76)cc4cc3-5)ccc3oc4ccccc4c23)cc1. The molecule has 3 heteroatoms. The van der Waals surface area contributed by atoms with Gasteiger partial charge in [0.15, 0.2) is 0 Å². The molecule has 2 aromatic heterocycles. The zero-order valence-electron chi connectivity index (χ0n) is 31.9. The molecule has 0 N–H and O–H groups in total. The van der Waals surface area contributed by atoms with Crippen molar-refractivity contribution in [1.82, 2.24) is 4.57 Å². The summed E-state index contributed by atoms with van der Waals surface area (Å²) in [5.41, 5.74) is 16.2. The lowest BCUT2D eigenvalue weighted by molar-refractivity contribution is 0.669. The van der Waals surface area contributed by atoms with E-state index in [1.165, 1.54) is 71.3 Å². The van der Waals surface area contributed by atoms with E-state index in [0.717, 1.165) is 50.1 Å². The number of aromatic nitrogens is 1. The maximum Gasteiger partial charge on any atom is 0.136 e. The summed E-state index contributed by atoms with van der Waals surface area (Å²) in [5.74, 6) is 0. The van der Waals surface area contributed by atoms with E-state index in [0.29, 0.717) is 0 Å². The highest BCUT2D eigenvalue weighted by molar-refractivity contribution is 6.17. The van der Waals surface area contributed by atoms with Gasteiger partial charge in [0.25, 0.3) is 0 Å². The van der Waals surface area contributed by atoms with E-state index < -0.39 is 0 Å². The predicted octanol–water partition coefficient (Wildman–Crippen LogP) is 15.8. The largest absolute Gasteiger partial charge is 0.456 e. The van der Waals surface area contributed by atoms with Crippen molar-refractivity contribution in [3.63, 3.8) is 0 Å². The zero-order chi connectivity index (χ0) is 38.6. The molecule has 59 heavy (non-hydrogen) atoms. The van der Waals surface area contributed by atoms with E-state index >= 15 is 0 Å². The lowest BCUT2D eigenvalue weighted by Gasteiger charge is -2.29. The van der Waals surface area contributed by atoms with Gasteiger partial charge in [-0.2, -0.15) is 0 Å². The van der Waals surface area contributed by atoms with Gasteiger partial charge in [-0.3, -0.25) is 0 Å². The van der Waals surface area contributed by atoms with Crippen molar-refractivity contribution in [2.24, 2.45) is 0 Å². The van der Waals surface area contributed by atoms with E-state index in [2.05, 4.69) is 210 Å². The number of benzene rings is 10. The number of rotatable bonds is 5. The second-order valence-electron chi connectivity index (χ2n) is 15.7. The Kier molecular flexibility index (Phi) is 6.72. The van der Waals surface area contributed by atoms with Gasteiger partial charge in [-0.15, -0.1) is 0 Å².